The smallest absolute Gasteiger partial charge is 0.404 e. The molecule has 0 aliphatic heterocycles. The fourth-order valence-corrected chi connectivity index (χ4v) is 1.79. The van der Waals surface area contributed by atoms with E-state index in [-0.39, 0.29) is 0 Å². The summed E-state index contributed by atoms with van der Waals surface area (Å²) in [6.07, 6.45) is -27.3. The maximum Gasteiger partial charge on any atom is 0.404 e. The maximum absolute atomic E-state index is 12.5. The summed E-state index contributed by atoms with van der Waals surface area (Å²) in [6.45, 7) is 0. The van der Waals surface area contributed by atoms with Crippen LogP contribution in [0.2, 0.25) is 0 Å². The summed E-state index contributed by atoms with van der Waals surface area (Å²) >= 11 is 0. The maximum atomic E-state index is 12.5. The van der Waals surface area contributed by atoms with Gasteiger partial charge in [-0.15, -0.1) is 0 Å². The van der Waals surface area contributed by atoms with Crippen molar-refractivity contribution in [2.24, 2.45) is 11.8 Å². The van der Waals surface area contributed by atoms with Gasteiger partial charge >= 0.3 is 24.7 Å². The molecular formula is C10H2F12O4-2. The van der Waals surface area contributed by atoms with Gasteiger partial charge in [-0.3, -0.25) is 0 Å². The lowest BCUT2D eigenvalue weighted by molar-refractivity contribution is -0.319. The molecule has 0 unspecified atom stereocenters. The molecule has 4 nitrogen and oxygen atoms in total. The number of carboxylic acid groups (broad SMARTS) is 2. The van der Waals surface area contributed by atoms with E-state index in [2.05, 4.69) is 0 Å². The lowest BCUT2D eigenvalue weighted by atomic mass is 9.85. The molecule has 0 aliphatic carbocycles. The molecule has 0 aromatic heterocycles. The molecule has 0 aliphatic rings. The second kappa shape index (κ2) is 6.86. The average molecular weight is 414 g/mol. The third kappa shape index (κ3) is 5.42. The average Bonchev–Trinajstić information content (AvgIpc) is 2.25. The first kappa shape index (κ1) is 23.8. The summed E-state index contributed by atoms with van der Waals surface area (Å²) in [6, 6.07) is 0. The van der Waals surface area contributed by atoms with E-state index in [0.717, 1.165) is 0 Å². The van der Waals surface area contributed by atoms with Gasteiger partial charge in [-0.05, 0) is 0 Å². The molecule has 16 heteroatoms. The van der Waals surface area contributed by atoms with Crippen molar-refractivity contribution in [3.63, 3.8) is 0 Å². The quantitative estimate of drug-likeness (QED) is 0.513. The normalized spacial score (nSPS) is 15.3. The Kier molecular flexibility index (Phi) is 6.29. The SMILES string of the molecule is O=C([O-])/C(=C(/C(=O)[O-])C(C(F)(F)F)C(F)(F)F)C(C(F)(F)F)C(F)(F)F. The summed E-state index contributed by atoms with van der Waals surface area (Å²) < 4.78 is 150. The van der Waals surface area contributed by atoms with Crippen LogP contribution in [0.4, 0.5) is 52.7 Å². The highest BCUT2D eigenvalue weighted by Gasteiger charge is 2.64. The van der Waals surface area contributed by atoms with Crippen molar-refractivity contribution >= 4 is 11.9 Å². The van der Waals surface area contributed by atoms with Crippen LogP contribution in [0.25, 0.3) is 0 Å². The Bertz CT molecular complexity index is 511. The molecule has 0 bridgehead atoms. The molecule has 0 fully saturated rings. The highest BCUT2D eigenvalue weighted by Crippen LogP contribution is 2.49. The zero-order valence-corrected chi connectivity index (χ0v) is 11.3. The van der Waals surface area contributed by atoms with Crippen molar-refractivity contribution in [2.75, 3.05) is 0 Å². The molecule has 0 atom stereocenters. The minimum absolute atomic E-state index is 3.82. The summed E-state index contributed by atoms with van der Waals surface area (Å²) in [5.74, 6) is -18.7. The van der Waals surface area contributed by atoms with Crippen molar-refractivity contribution in [1.82, 2.24) is 0 Å². The van der Waals surface area contributed by atoms with Gasteiger partial charge in [-0.2, -0.15) is 52.7 Å². The van der Waals surface area contributed by atoms with E-state index in [1.807, 2.05) is 0 Å². The van der Waals surface area contributed by atoms with E-state index >= 15 is 0 Å². The Morgan fingerprint density at radius 2 is 0.654 bits per heavy atom. The molecule has 0 radical (unpaired) electrons. The predicted octanol–water partition coefficient (Wildman–Crippen LogP) is 1.26. The van der Waals surface area contributed by atoms with Crippen LogP contribution in [0, 0.1) is 11.8 Å². The van der Waals surface area contributed by atoms with E-state index in [1.54, 1.807) is 0 Å². The van der Waals surface area contributed by atoms with E-state index in [4.69, 9.17) is 0 Å². The highest BCUT2D eigenvalue weighted by molar-refractivity contribution is 5.98. The molecule has 0 spiro atoms. The van der Waals surface area contributed by atoms with Gasteiger partial charge in [0.15, 0.2) is 11.8 Å². The number of carboxylic acids is 2. The molecule has 0 saturated heterocycles. The summed E-state index contributed by atoms with van der Waals surface area (Å²) in [4.78, 5) is 21.1. The van der Waals surface area contributed by atoms with E-state index in [0.29, 0.717) is 0 Å². The molecule has 0 aromatic carbocycles. The van der Waals surface area contributed by atoms with Crippen molar-refractivity contribution in [3.05, 3.63) is 11.1 Å². The van der Waals surface area contributed by atoms with Crippen molar-refractivity contribution in [1.29, 1.82) is 0 Å². The Balaban J connectivity index is 7.31. The number of hydrogen-bond donors (Lipinski definition) is 0. The Hall–Kier alpha value is -2.16. The second-order valence-electron chi connectivity index (χ2n) is 4.43. The van der Waals surface area contributed by atoms with E-state index < -0.39 is 59.6 Å². The summed E-state index contributed by atoms with van der Waals surface area (Å²) in [5.41, 5.74) is -7.63. The molecule has 0 saturated carbocycles. The van der Waals surface area contributed by atoms with Crippen molar-refractivity contribution in [2.45, 2.75) is 24.7 Å². The van der Waals surface area contributed by atoms with Gasteiger partial charge in [0, 0.05) is 11.1 Å². The first-order chi connectivity index (χ1) is 11.1. The van der Waals surface area contributed by atoms with E-state index in [9.17, 15) is 72.5 Å². The van der Waals surface area contributed by atoms with Crippen LogP contribution in [-0.2, 0) is 9.59 Å². The third-order valence-electron chi connectivity index (χ3n) is 2.62. The highest BCUT2D eigenvalue weighted by atomic mass is 19.4. The fourth-order valence-electron chi connectivity index (χ4n) is 1.79. The third-order valence-corrected chi connectivity index (χ3v) is 2.62. The standard InChI is InChI=1S/C10H4F12O4/c11-7(12,13)3(8(14,15)16)1(5(23)24)2(6(25)26)4(9(17,18)19)10(20,21)22/h3-4H,(H,23,24)(H,25,26)/p-2/b2-1+. The zero-order valence-electron chi connectivity index (χ0n) is 11.3. The van der Waals surface area contributed by atoms with Crippen LogP contribution in [0.3, 0.4) is 0 Å². The first-order valence-corrected chi connectivity index (χ1v) is 5.57. The summed E-state index contributed by atoms with van der Waals surface area (Å²) in [7, 11) is 0. The predicted molar refractivity (Wildman–Crippen MR) is 48.2 cm³/mol. The van der Waals surface area contributed by atoms with Gasteiger partial charge in [-0.25, -0.2) is 0 Å². The zero-order chi connectivity index (χ0) is 21.5. The van der Waals surface area contributed by atoms with Crippen LogP contribution < -0.4 is 10.2 Å². The van der Waals surface area contributed by atoms with Crippen LogP contribution in [0.1, 0.15) is 0 Å². The number of carbonyl (C=O) groups excluding carboxylic acids is 2. The minimum atomic E-state index is -6.82. The largest absolute Gasteiger partial charge is 0.545 e. The molecular weight excluding hydrogens is 412 g/mol. The van der Waals surface area contributed by atoms with Crippen LogP contribution in [-0.4, -0.2) is 36.6 Å². The van der Waals surface area contributed by atoms with Gasteiger partial charge in [0.1, 0.15) is 0 Å². The van der Waals surface area contributed by atoms with Crippen LogP contribution in [0.15, 0.2) is 11.1 Å². The number of carbonyl (C=O) groups is 2. The number of aliphatic carboxylic acids is 2. The Labute approximate surface area is 133 Å². The first-order valence-electron chi connectivity index (χ1n) is 5.57. The summed E-state index contributed by atoms with van der Waals surface area (Å²) in [5, 5.41) is 21.1. The molecule has 0 rings (SSSR count). The number of alkyl halides is 12. The number of halogens is 12. The number of rotatable bonds is 4. The Morgan fingerprint density at radius 3 is 0.731 bits per heavy atom. The molecule has 0 aromatic rings. The van der Waals surface area contributed by atoms with Crippen molar-refractivity contribution in [3.8, 4) is 0 Å². The van der Waals surface area contributed by atoms with Gasteiger partial charge in [0.05, 0.1) is 11.9 Å². The topological polar surface area (TPSA) is 80.3 Å². The van der Waals surface area contributed by atoms with Gasteiger partial charge in [-0.1, -0.05) is 0 Å². The molecule has 0 amide bonds. The molecule has 26 heavy (non-hydrogen) atoms. The van der Waals surface area contributed by atoms with Crippen molar-refractivity contribution < 1.29 is 72.5 Å². The lowest BCUT2D eigenvalue weighted by Gasteiger charge is -2.33. The van der Waals surface area contributed by atoms with E-state index in [1.165, 1.54) is 0 Å². The molecule has 0 N–H and O–H groups in total. The van der Waals surface area contributed by atoms with Gasteiger partial charge in [0.2, 0.25) is 0 Å². The monoisotopic (exact) mass is 414 g/mol. The molecule has 0 heterocycles. The van der Waals surface area contributed by atoms with Crippen LogP contribution >= 0.6 is 0 Å². The minimum Gasteiger partial charge on any atom is -0.545 e. The van der Waals surface area contributed by atoms with Gasteiger partial charge in [0.25, 0.3) is 0 Å². The lowest BCUT2D eigenvalue weighted by Crippen LogP contribution is -2.50. The fraction of sp³-hybridized carbons (Fsp3) is 0.600. The second-order valence-corrected chi connectivity index (χ2v) is 4.43. The number of hydrogen-bond acceptors (Lipinski definition) is 4. The van der Waals surface area contributed by atoms with Crippen LogP contribution in [0.5, 0.6) is 0 Å². The van der Waals surface area contributed by atoms with Gasteiger partial charge < -0.3 is 19.8 Å². The molecule has 152 valence electrons. The Morgan fingerprint density at radius 1 is 0.500 bits per heavy atom.